The van der Waals surface area contributed by atoms with Gasteiger partial charge in [-0.1, -0.05) is 6.07 Å². The topological polar surface area (TPSA) is 64.6 Å². The highest BCUT2D eigenvalue weighted by molar-refractivity contribution is 7.90. The van der Waals surface area contributed by atoms with Crippen molar-refractivity contribution in [2.24, 2.45) is 0 Å². The summed E-state index contributed by atoms with van der Waals surface area (Å²) in [5.74, 6) is 1.41. The van der Waals surface area contributed by atoms with E-state index in [2.05, 4.69) is 4.72 Å². The lowest BCUT2D eigenvalue weighted by atomic mass is 10.1. The Morgan fingerprint density at radius 1 is 1.10 bits per heavy atom. The molecule has 0 saturated carbocycles. The van der Waals surface area contributed by atoms with Crippen molar-refractivity contribution in [3.05, 3.63) is 23.8 Å². The monoisotopic (exact) mass is 315 g/mol. The van der Waals surface area contributed by atoms with E-state index in [1.54, 1.807) is 13.8 Å². The molecule has 0 aliphatic heterocycles. The first-order valence-electron chi connectivity index (χ1n) is 7.27. The predicted molar refractivity (Wildman–Crippen MR) is 84.5 cm³/mol. The maximum atomic E-state index is 11.7. The van der Waals surface area contributed by atoms with E-state index in [0.29, 0.717) is 37.7 Å². The first kappa shape index (κ1) is 17.8. The molecule has 5 nitrogen and oxygen atoms in total. The Balaban J connectivity index is 2.70. The van der Waals surface area contributed by atoms with Crippen LogP contribution in [0.2, 0.25) is 0 Å². The van der Waals surface area contributed by atoms with E-state index in [0.717, 1.165) is 5.56 Å². The summed E-state index contributed by atoms with van der Waals surface area (Å²) in [5.41, 5.74) is 1.01. The van der Waals surface area contributed by atoms with Gasteiger partial charge in [-0.3, -0.25) is 0 Å². The minimum atomic E-state index is -3.21. The summed E-state index contributed by atoms with van der Waals surface area (Å²) in [7, 11) is -3.21. The summed E-state index contributed by atoms with van der Waals surface area (Å²) in [6.07, 6.45) is 0.610. The summed E-state index contributed by atoms with van der Waals surface area (Å²) >= 11 is 0. The Labute approximate surface area is 127 Å². The average Bonchev–Trinajstić information content (AvgIpc) is 2.41. The largest absolute Gasteiger partial charge is 0.490 e. The summed E-state index contributed by atoms with van der Waals surface area (Å²) in [5, 5.41) is -0.420. The van der Waals surface area contributed by atoms with Gasteiger partial charge in [-0.2, -0.15) is 0 Å². The van der Waals surface area contributed by atoms with Crippen molar-refractivity contribution in [1.29, 1.82) is 0 Å². The lowest BCUT2D eigenvalue weighted by Crippen LogP contribution is -2.32. The van der Waals surface area contributed by atoms with Crippen LogP contribution in [0.15, 0.2) is 18.2 Å². The van der Waals surface area contributed by atoms with E-state index < -0.39 is 15.3 Å². The Bertz CT molecular complexity index is 541. The summed E-state index contributed by atoms with van der Waals surface area (Å²) < 4.78 is 37.0. The van der Waals surface area contributed by atoms with Crippen LogP contribution >= 0.6 is 0 Å². The minimum absolute atomic E-state index is 0.375. The van der Waals surface area contributed by atoms with Crippen molar-refractivity contribution in [2.75, 3.05) is 19.8 Å². The highest BCUT2D eigenvalue weighted by Crippen LogP contribution is 2.28. The number of hydrogen-bond donors (Lipinski definition) is 1. The van der Waals surface area contributed by atoms with Crippen LogP contribution in [0.4, 0.5) is 0 Å². The molecule has 0 amide bonds. The highest BCUT2D eigenvalue weighted by Gasteiger charge is 2.14. The third-order valence-electron chi connectivity index (χ3n) is 2.95. The molecule has 1 aromatic carbocycles. The van der Waals surface area contributed by atoms with Gasteiger partial charge < -0.3 is 9.47 Å². The Kier molecular flexibility index (Phi) is 6.98. The molecule has 0 aliphatic carbocycles. The average molecular weight is 315 g/mol. The minimum Gasteiger partial charge on any atom is -0.490 e. The van der Waals surface area contributed by atoms with Gasteiger partial charge in [-0.25, -0.2) is 13.1 Å². The zero-order chi connectivity index (χ0) is 15.9. The van der Waals surface area contributed by atoms with Gasteiger partial charge >= 0.3 is 0 Å². The normalized spacial score (nSPS) is 11.7. The molecule has 0 spiro atoms. The van der Waals surface area contributed by atoms with E-state index in [1.807, 2.05) is 32.0 Å². The van der Waals surface area contributed by atoms with Crippen LogP contribution in [-0.4, -0.2) is 33.4 Å². The van der Waals surface area contributed by atoms with Crippen LogP contribution in [0.1, 0.15) is 33.3 Å². The summed E-state index contributed by atoms with van der Waals surface area (Å²) in [4.78, 5) is 0. The summed E-state index contributed by atoms with van der Waals surface area (Å²) in [6, 6.07) is 5.69. The number of benzene rings is 1. The van der Waals surface area contributed by atoms with Gasteiger partial charge in [0.25, 0.3) is 0 Å². The van der Waals surface area contributed by atoms with Gasteiger partial charge in [0.15, 0.2) is 11.5 Å². The van der Waals surface area contributed by atoms with Gasteiger partial charge in [-0.05, 0) is 51.8 Å². The van der Waals surface area contributed by atoms with Gasteiger partial charge in [0, 0.05) is 6.54 Å². The zero-order valence-electron chi connectivity index (χ0n) is 13.2. The second-order valence-corrected chi connectivity index (χ2v) is 7.21. The van der Waals surface area contributed by atoms with Crippen molar-refractivity contribution < 1.29 is 17.9 Å². The zero-order valence-corrected chi connectivity index (χ0v) is 14.0. The standard InChI is InChI=1S/C15H25NO4S/c1-5-19-14-8-7-13(11-15(14)20-6-2)9-10-16-21(17,18)12(3)4/h7-8,11-12,16H,5-6,9-10H2,1-4H3. The molecule has 0 aliphatic rings. The van der Waals surface area contributed by atoms with Crippen molar-refractivity contribution in [3.8, 4) is 11.5 Å². The van der Waals surface area contributed by atoms with Crippen molar-refractivity contribution in [2.45, 2.75) is 39.4 Å². The number of hydrogen-bond acceptors (Lipinski definition) is 4. The van der Waals surface area contributed by atoms with Crippen LogP contribution in [0, 0.1) is 0 Å². The molecular weight excluding hydrogens is 290 g/mol. The van der Waals surface area contributed by atoms with E-state index in [1.165, 1.54) is 0 Å². The summed E-state index contributed by atoms with van der Waals surface area (Å²) in [6.45, 7) is 8.67. The highest BCUT2D eigenvalue weighted by atomic mass is 32.2. The van der Waals surface area contributed by atoms with Crippen molar-refractivity contribution in [3.63, 3.8) is 0 Å². The van der Waals surface area contributed by atoms with Gasteiger partial charge in [0.1, 0.15) is 0 Å². The smallest absolute Gasteiger partial charge is 0.213 e. The molecule has 1 rings (SSSR count). The van der Waals surface area contributed by atoms with Gasteiger partial charge in [-0.15, -0.1) is 0 Å². The van der Waals surface area contributed by atoms with Gasteiger partial charge in [0.2, 0.25) is 10.0 Å². The molecule has 21 heavy (non-hydrogen) atoms. The quantitative estimate of drug-likeness (QED) is 0.760. The van der Waals surface area contributed by atoms with Crippen molar-refractivity contribution >= 4 is 10.0 Å². The fourth-order valence-electron chi connectivity index (χ4n) is 1.76. The maximum Gasteiger partial charge on any atom is 0.213 e. The van der Waals surface area contributed by atoms with E-state index >= 15 is 0 Å². The van der Waals surface area contributed by atoms with Crippen molar-refractivity contribution in [1.82, 2.24) is 4.72 Å². The molecule has 0 atom stereocenters. The lowest BCUT2D eigenvalue weighted by molar-refractivity contribution is 0.287. The number of ether oxygens (including phenoxy) is 2. The Morgan fingerprint density at radius 2 is 1.71 bits per heavy atom. The molecule has 0 heterocycles. The molecule has 0 radical (unpaired) electrons. The molecule has 0 bridgehead atoms. The molecule has 1 aromatic rings. The molecule has 1 N–H and O–H groups in total. The second-order valence-electron chi connectivity index (χ2n) is 4.89. The van der Waals surface area contributed by atoms with Gasteiger partial charge in [0.05, 0.1) is 18.5 Å². The SMILES string of the molecule is CCOc1ccc(CCNS(=O)(=O)C(C)C)cc1OCC. The molecule has 0 aromatic heterocycles. The van der Waals surface area contributed by atoms with Crippen LogP contribution in [0.5, 0.6) is 11.5 Å². The first-order chi connectivity index (χ1) is 9.90. The van der Waals surface area contributed by atoms with E-state index in [9.17, 15) is 8.42 Å². The molecule has 0 fully saturated rings. The molecular formula is C15H25NO4S. The maximum absolute atomic E-state index is 11.7. The Hall–Kier alpha value is -1.27. The predicted octanol–water partition coefficient (Wildman–Crippen LogP) is 2.35. The van der Waals surface area contributed by atoms with Crippen LogP contribution < -0.4 is 14.2 Å². The van der Waals surface area contributed by atoms with Crippen LogP contribution in [0.3, 0.4) is 0 Å². The third-order valence-corrected chi connectivity index (χ3v) is 4.79. The first-order valence-corrected chi connectivity index (χ1v) is 8.82. The van der Waals surface area contributed by atoms with Crippen LogP contribution in [-0.2, 0) is 16.4 Å². The molecule has 120 valence electrons. The number of nitrogens with one attached hydrogen (secondary N) is 1. The third kappa shape index (κ3) is 5.55. The number of rotatable bonds is 9. The van der Waals surface area contributed by atoms with E-state index in [4.69, 9.17) is 9.47 Å². The fourth-order valence-corrected chi connectivity index (χ4v) is 2.48. The number of sulfonamides is 1. The fraction of sp³-hybridized carbons (Fsp3) is 0.600. The molecule has 0 unspecified atom stereocenters. The molecule has 6 heteroatoms. The van der Waals surface area contributed by atoms with Crippen LogP contribution in [0.25, 0.3) is 0 Å². The Morgan fingerprint density at radius 3 is 2.29 bits per heavy atom. The molecule has 0 saturated heterocycles. The second kappa shape index (κ2) is 8.24. The lowest BCUT2D eigenvalue weighted by Gasteiger charge is -2.13. The van der Waals surface area contributed by atoms with E-state index in [-0.39, 0.29) is 0 Å².